The van der Waals surface area contributed by atoms with Crippen LogP contribution in [0.25, 0.3) is 15.9 Å². The van der Waals surface area contributed by atoms with Gasteiger partial charge in [-0.1, -0.05) is 18.2 Å². The predicted molar refractivity (Wildman–Crippen MR) is 108 cm³/mol. The van der Waals surface area contributed by atoms with E-state index in [-0.39, 0.29) is 11.9 Å². The lowest BCUT2D eigenvalue weighted by Crippen LogP contribution is -2.30. The van der Waals surface area contributed by atoms with E-state index in [9.17, 15) is 4.79 Å². The number of carbonyl (C=O) groups excluding carboxylic acids is 1. The van der Waals surface area contributed by atoms with Crippen LogP contribution in [0, 0.1) is 0 Å². The summed E-state index contributed by atoms with van der Waals surface area (Å²) in [7, 11) is 0. The normalized spacial score (nSPS) is 16.9. The van der Waals surface area contributed by atoms with Gasteiger partial charge in [0, 0.05) is 30.2 Å². The van der Waals surface area contributed by atoms with E-state index < -0.39 is 0 Å². The van der Waals surface area contributed by atoms with Gasteiger partial charge in [-0.25, -0.2) is 4.98 Å². The predicted octanol–water partition coefficient (Wildman–Crippen LogP) is 5.06. The summed E-state index contributed by atoms with van der Waals surface area (Å²) in [5.41, 5.74) is 2.75. The molecule has 1 unspecified atom stereocenters. The van der Waals surface area contributed by atoms with Crippen molar-refractivity contribution >= 4 is 27.5 Å². The van der Waals surface area contributed by atoms with Gasteiger partial charge < -0.3 is 9.47 Å². The molecule has 3 heterocycles. The van der Waals surface area contributed by atoms with E-state index in [2.05, 4.69) is 6.07 Å². The Labute approximate surface area is 161 Å². The molecule has 1 aliphatic heterocycles. The summed E-state index contributed by atoms with van der Waals surface area (Å²) >= 11 is 1.70. The van der Waals surface area contributed by atoms with Crippen LogP contribution in [0.2, 0.25) is 0 Å². The van der Waals surface area contributed by atoms with Crippen LogP contribution in [0.1, 0.15) is 34.2 Å². The number of hydrogen-bond donors (Lipinski definition) is 0. The Morgan fingerprint density at radius 1 is 1.04 bits per heavy atom. The molecule has 1 aliphatic rings. The molecule has 0 bridgehead atoms. The molecule has 1 saturated heterocycles. The first-order valence-corrected chi connectivity index (χ1v) is 10.0. The summed E-state index contributed by atoms with van der Waals surface area (Å²) in [6, 6.07) is 20.1. The molecular formula is C22H19N3OS. The molecule has 0 radical (unpaired) electrons. The zero-order valence-electron chi connectivity index (χ0n) is 14.8. The molecular weight excluding hydrogens is 354 g/mol. The highest BCUT2D eigenvalue weighted by Gasteiger charge is 2.32. The summed E-state index contributed by atoms with van der Waals surface area (Å²) in [5.74, 6) is 0.0887. The van der Waals surface area contributed by atoms with Gasteiger partial charge >= 0.3 is 0 Å². The number of aromatic nitrogens is 2. The highest BCUT2D eigenvalue weighted by molar-refractivity contribution is 7.18. The van der Waals surface area contributed by atoms with Gasteiger partial charge in [-0.15, -0.1) is 11.3 Å². The van der Waals surface area contributed by atoms with Crippen molar-refractivity contribution < 1.29 is 4.79 Å². The minimum atomic E-state index is 0.0742. The number of benzene rings is 2. The summed E-state index contributed by atoms with van der Waals surface area (Å²) in [6.45, 7) is 0.785. The van der Waals surface area contributed by atoms with Crippen LogP contribution in [0.4, 0.5) is 0 Å². The molecule has 0 saturated carbocycles. The van der Waals surface area contributed by atoms with Crippen LogP contribution < -0.4 is 0 Å². The number of fused-ring (bicyclic) bond motifs is 1. The van der Waals surface area contributed by atoms with E-state index in [0.29, 0.717) is 0 Å². The van der Waals surface area contributed by atoms with Crippen molar-refractivity contribution in [1.82, 2.24) is 14.5 Å². The van der Waals surface area contributed by atoms with E-state index in [1.165, 1.54) is 4.70 Å². The molecule has 1 amide bonds. The van der Waals surface area contributed by atoms with Gasteiger partial charge in [0.05, 0.1) is 16.3 Å². The van der Waals surface area contributed by atoms with E-state index >= 15 is 0 Å². The lowest BCUT2D eigenvalue weighted by molar-refractivity contribution is 0.0735. The Morgan fingerprint density at radius 2 is 1.89 bits per heavy atom. The van der Waals surface area contributed by atoms with Crippen LogP contribution in [-0.2, 0) is 0 Å². The van der Waals surface area contributed by atoms with Gasteiger partial charge in [0.15, 0.2) is 0 Å². The Bertz CT molecular complexity index is 1070. The Kier molecular flexibility index (Phi) is 4.02. The van der Waals surface area contributed by atoms with Gasteiger partial charge in [0.1, 0.15) is 5.01 Å². The standard InChI is InChI=1S/C22H19N3OS/c26-22(16-7-5-8-17(15-16)24-12-3-4-13-24)25-14-6-10-19(25)21-23-18-9-1-2-11-20(18)27-21/h1-5,7-9,11-13,15,19H,6,10,14H2. The summed E-state index contributed by atoms with van der Waals surface area (Å²) < 4.78 is 3.20. The monoisotopic (exact) mass is 373 g/mol. The molecule has 134 valence electrons. The molecule has 2 aromatic carbocycles. The average Bonchev–Trinajstić information content (AvgIpc) is 3.47. The smallest absolute Gasteiger partial charge is 0.254 e. The lowest BCUT2D eigenvalue weighted by atomic mass is 10.1. The third-order valence-corrected chi connectivity index (χ3v) is 6.24. The van der Waals surface area contributed by atoms with Crippen LogP contribution in [0.3, 0.4) is 0 Å². The van der Waals surface area contributed by atoms with E-state index in [4.69, 9.17) is 4.98 Å². The van der Waals surface area contributed by atoms with E-state index in [0.717, 1.165) is 41.2 Å². The largest absolute Gasteiger partial charge is 0.329 e. The molecule has 0 spiro atoms. The summed E-state index contributed by atoms with van der Waals surface area (Å²) in [5, 5.41) is 1.05. The maximum Gasteiger partial charge on any atom is 0.254 e. The maximum absolute atomic E-state index is 13.3. The molecule has 27 heavy (non-hydrogen) atoms. The topological polar surface area (TPSA) is 38.1 Å². The third kappa shape index (κ3) is 2.94. The van der Waals surface area contributed by atoms with E-state index in [1.54, 1.807) is 11.3 Å². The van der Waals surface area contributed by atoms with Gasteiger partial charge in [-0.2, -0.15) is 0 Å². The van der Waals surface area contributed by atoms with Crippen molar-refractivity contribution in [2.45, 2.75) is 18.9 Å². The number of para-hydroxylation sites is 1. The maximum atomic E-state index is 13.3. The summed E-state index contributed by atoms with van der Waals surface area (Å²) in [6.07, 6.45) is 5.97. The Morgan fingerprint density at radius 3 is 2.74 bits per heavy atom. The van der Waals surface area contributed by atoms with Crippen molar-refractivity contribution in [3.63, 3.8) is 0 Å². The second kappa shape index (κ2) is 6.67. The third-order valence-electron chi connectivity index (χ3n) is 5.10. The van der Waals surface area contributed by atoms with Gasteiger partial charge in [-0.05, 0) is 55.3 Å². The fraction of sp³-hybridized carbons (Fsp3) is 0.182. The number of amides is 1. The second-order valence-electron chi connectivity index (χ2n) is 6.82. The summed E-state index contributed by atoms with van der Waals surface area (Å²) in [4.78, 5) is 20.1. The first kappa shape index (κ1) is 16.3. The molecule has 4 nitrogen and oxygen atoms in total. The van der Waals surface area contributed by atoms with Gasteiger partial charge in [0.2, 0.25) is 0 Å². The number of carbonyl (C=O) groups is 1. The number of likely N-dealkylation sites (tertiary alicyclic amines) is 1. The molecule has 5 rings (SSSR count). The quantitative estimate of drug-likeness (QED) is 0.503. The number of rotatable bonds is 3. The molecule has 0 aliphatic carbocycles. The minimum absolute atomic E-state index is 0.0742. The fourth-order valence-electron chi connectivity index (χ4n) is 3.77. The van der Waals surface area contributed by atoms with Crippen LogP contribution in [0.15, 0.2) is 73.1 Å². The fourth-order valence-corrected chi connectivity index (χ4v) is 4.89. The molecule has 0 N–H and O–H groups in total. The van der Waals surface area contributed by atoms with Crippen molar-refractivity contribution in [3.8, 4) is 5.69 Å². The first-order valence-electron chi connectivity index (χ1n) is 9.19. The van der Waals surface area contributed by atoms with Crippen molar-refractivity contribution in [2.75, 3.05) is 6.54 Å². The molecule has 1 fully saturated rings. The van der Waals surface area contributed by atoms with Crippen molar-refractivity contribution in [1.29, 1.82) is 0 Å². The molecule has 1 atom stereocenters. The van der Waals surface area contributed by atoms with Crippen LogP contribution in [0.5, 0.6) is 0 Å². The zero-order chi connectivity index (χ0) is 18.2. The zero-order valence-corrected chi connectivity index (χ0v) is 15.6. The second-order valence-corrected chi connectivity index (χ2v) is 7.88. The highest BCUT2D eigenvalue weighted by atomic mass is 32.1. The Hall–Kier alpha value is -2.92. The van der Waals surface area contributed by atoms with Crippen molar-refractivity contribution in [3.05, 3.63) is 83.6 Å². The average molecular weight is 373 g/mol. The minimum Gasteiger partial charge on any atom is -0.329 e. The van der Waals surface area contributed by atoms with Gasteiger partial charge in [-0.3, -0.25) is 4.79 Å². The first-order chi connectivity index (χ1) is 13.3. The Balaban J connectivity index is 1.46. The SMILES string of the molecule is O=C(c1cccc(-n2cccc2)c1)N1CCCC1c1nc2ccccc2s1. The lowest BCUT2D eigenvalue weighted by Gasteiger charge is -2.23. The van der Waals surface area contributed by atoms with E-state index in [1.807, 2.05) is 76.5 Å². The number of nitrogens with zero attached hydrogens (tertiary/aromatic N) is 3. The van der Waals surface area contributed by atoms with Crippen LogP contribution in [-0.4, -0.2) is 26.9 Å². The molecule has 5 heteroatoms. The van der Waals surface area contributed by atoms with Crippen LogP contribution >= 0.6 is 11.3 Å². The molecule has 2 aromatic heterocycles. The van der Waals surface area contributed by atoms with Gasteiger partial charge in [0.25, 0.3) is 5.91 Å². The highest BCUT2D eigenvalue weighted by Crippen LogP contribution is 2.37. The number of thiazole rings is 1. The number of hydrogen-bond acceptors (Lipinski definition) is 3. The molecule has 4 aromatic rings. The van der Waals surface area contributed by atoms with Crippen molar-refractivity contribution in [2.24, 2.45) is 0 Å².